The molecule has 0 unspecified atom stereocenters. The summed E-state index contributed by atoms with van der Waals surface area (Å²) in [5.74, 6) is 0.733. The van der Waals surface area contributed by atoms with Crippen molar-refractivity contribution in [3.8, 4) is 0 Å². The van der Waals surface area contributed by atoms with Crippen molar-refractivity contribution in [2.75, 3.05) is 0 Å². The van der Waals surface area contributed by atoms with Gasteiger partial charge in [-0.25, -0.2) is 4.99 Å². The third-order valence-electron chi connectivity index (χ3n) is 4.85. The highest BCUT2D eigenvalue weighted by molar-refractivity contribution is 6.07. The highest BCUT2D eigenvalue weighted by atomic mass is 35.5. The van der Waals surface area contributed by atoms with Crippen molar-refractivity contribution in [1.82, 2.24) is 0 Å². The molecule has 3 aromatic carbocycles. The number of halogens is 1. The summed E-state index contributed by atoms with van der Waals surface area (Å²) in [7, 11) is 0. The SMILES string of the molecule is NC(=[NH+]c1ccccc1)C1=C(c2ccccc2)/C(=C/c2ccccc2)CC1.[Cl-]. The van der Waals surface area contributed by atoms with Crippen LogP contribution in [0.2, 0.25) is 0 Å². The average molecular weight is 387 g/mol. The van der Waals surface area contributed by atoms with Crippen LogP contribution in [0.5, 0.6) is 0 Å². The number of benzene rings is 3. The Morgan fingerprint density at radius 3 is 1.96 bits per heavy atom. The lowest BCUT2D eigenvalue weighted by atomic mass is 9.96. The summed E-state index contributed by atoms with van der Waals surface area (Å²) in [5, 5.41) is 0. The number of allylic oxidation sites excluding steroid dienone is 2. The van der Waals surface area contributed by atoms with E-state index in [1.807, 2.05) is 36.4 Å². The van der Waals surface area contributed by atoms with E-state index in [0.29, 0.717) is 0 Å². The van der Waals surface area contributed by atoms with Gasteiger partial charge < -0.3 is 12.4 Å². The fourth-order valence-corrected chi connectivity index (χ4v) is 3.58. The van der Waals surface area contributed by atoms with E-state index in [2.05, 4.69) is 65.7 Å². The van der Waals surface area contributed by atoms with Crippen LogP contribution >= 0.6 is 0 Å². The van der Waals surface area contributed by atoms with Crippen LogP contribution in [-0.2, 0) is 0 Å². The predicted octanol–water partition coefficient (Wildman–Crippen LogP) is 1.09. The first-order valence-electron chi connectivity index (χ1n) is 9.31. The summed E-state index contributed by atoms with van der Waals surface area (Å²) < 4.78 is 0. The lowest BCUT2D eigenvalue weighted by Crippen LogP contribution is -3.00. The Morgan fingerprint density at radius 2 is 1.32 bits per heavy atom. The summed E-state index contributed by atoms with van der Waals surface area (Å²) in [6.07, 6.45) is 4.21. The number of nitrogens with two attached hydrogens (primary N) is 1. The van der Waals surface area contributed by atoms with E-state index in [4.69, 9.17) is 5.73 Å². The average Bonchev–Trinajstić information content (AvgIpc) is 3.14. The minimum absolute atomic E-state index is 0. The minimum atomic E-state index is 0. The van der Waals surface area contributed by atoms with Gasteiger partial charge in [0.25, 0.3) is 5.84 Å². The van der Waals surface area contributed by atoms with Crippen LogP contribution in [0.4, 0.5) is 5.69 Å². The van der Waals surface area contributed by atoms with Crippen molar-refractivity contribution in [3.05, 3.63) is 113 Å². The van der Waals surface area contributed by atoms with Crippen LogP contribution in [0.1, 0.15) is 24.0 Å². The monoisotopic (exact) mass is 386 g/mol. The van der Waals surface area contributed by atoms with Crippen LogP contribution < -0.4 is 23.1 Å². The Hall–Kier alpha value is -3.10. The molecule has 0 bridgehead atoms. The molecule has 1 aliphatic rings. The second-order valence-corrected chi connectivity index (χ2v) is 6.70. The molecule has 2 nitrogen and oxygen atoms in total. The molecule has 0 amide bonds. The molecule has 1 aliphatic carbocycles. The van der Waals surface area contributed by atoms with Gasteiger partial charge in [0.05, 0.1) is 0 Å². The molecule has 0 saturated heterocycles. The summed E-state index contributed by atoms with van der Waals surface area (Å²) in [4.78, 5) is 3.38. The quantitative estimate of drug-likeness (QED) is 0.511. The molecule has 0 spiro atoms. The Labute approximate surface area is 172 Å². The number of amidine groups is 1. The van der Waals surface area contributed by atoms with E-state index in [9.17, 15) is 0 Å². The van der Waals surface area contributed by atoms with Crippen molar-refractivity contribution in [2.45, 2.75) is 12.8 Å². The fourth-order valence-electron chi connectivity index (χ4n) is 3.58. The van der Waals surface area contributed by atoms with Gasteiger partial charge in [0.1, 0.15) is 5.69 Å². The van der Waals surface area contributed by atoms with Crippen LogP contribution in [0.3, 0.4) is 0 Å². The maximum Gasteiger partial charge on any atom is 0.274 e. The zero-order chi connectivity index (χ0) is 18.5. The van der Waals surface area contributed by atoms with Crippen LogP contribution in [0, 0.1) is 0 Å². The fraction of sp³-hybridized carbons (Fsp3) is 0.0800. The van der Waals surface area contributed by atoms with Crippen LogP contribution in [0.25, 0.3) is 11.6 Å². The topological polar surface area (TPSA) is 40.0 Å². The lowest BCUT2D eigenvalue weighted by molar-refractivity contribution is -0.354. The summed E-state index contributed by atoms with van der Waals surface area (Å²) in [6.45, 7) is 0. The van der Waals surface area contributed by atoms with Crippen LogP contribution in [0.15, 0.2) is 102 Å². The zero-order valence-corrected chi connectivity index (χ0v) is 16.4. The molecule has 0 saturated carbocycles. The third kappa shape index (κ3) is 4.41. The summed E-state index contributed by atoms with van der Waals surface area (Å²) >= 11 is 0. The van der Waals surface area contributed by atoms with Gasteiger partial charge in [0.2, 0.25) is 0 Å². The molecule has 0 aromatic heterocycles. The second-order valence-electron chi connectivity index (χ2n) is 6.70. The van der Waals surface area contributed by atoms with E-state index in [1.165, 1.54) is 27.8 Å². The first kappa shape index (κ1) is 19.7. The van der Waals surface area contributed by atoms with E-state index >= 15 is 0 Å². The van der Waals surface area contributed by atoms with Gasteiger partial charge in [-0.2, -0.15) is 0 Å². The Bertz CT molecular complexity index is 1000. The number of nitrogens with one attached hydrogen (secondary N) is 1. The molecule has 0 fully saturated rings. The smallest absolute Gasteiger partial charge is 0.274 e. The molecule has 3 aromatic rings. The molecule has 3 heteroatoms. The van der Waals surface area contributed by atoms with Gasteiger partial charge in [-0.15, -0.1) is 0 Å². The van der Waals surface area contributed by atoms with Crippen molar-refractivity contribution in [3.63, 3.8) is 0 Å². The van der Waals surface area contributed by atoms with Gasteiger partial charge in [0.15, 0.2) is 0 Å². The molecule has 0 aliphatic heterocycles. The molecule has 0 atom stereocenters. The van der Waals surface area contributed by atoms with Crippen molar-refractivity contribution >= 4 is 23.2 Å². The third-order valence-corrected chi connectivity index (χ3v) is 4.85. The predicted molar refractivity (Wildman–Crippen MR) is 113 cm³/mol. The molecule has 0 heterocycles. The Morgan fingerprint density at radius 1 is 0.750 bits per heavy atom. The molecular formula is C25H23ClN2. The second kappa shape index (κ2) is 9.20. The van der Waals surface area contributed by atoms with E-state index < -0.39 is 0 Å². The molecule has 140 valence electrons. The van der Waals surface area contributed by atoms with Gasteiger partial charge in [-0.3, -0.25) is 5.73 Å². The first-order valence-corrected chi connectivity index (χ1v) is 9.31. The maximum absolute atomic E-state index is 6.51. The number of hydrogen-bond acceptors (Lipinski definition) is 0. The molecule has 0 radical (unpaired) electrons. The van der Waals surface area contributed by atoms with Gasteiger partial charge >= 0.3 is 0 Å². The van der Waals surface area contributed by atoms with Crippen molar-refractivity contribution < 1.29 is 17.4 Å². The number of rotatable bonds is 4. The van der Waals surface area contributed by atoms with Gasteiger partial charge in [-0.05, 0) is 47.2 Å². The highest BCUT2D eigenvalue weighted by Crippen LogP contribution is 2.39. The zero-order valence-electron chi connectivity index (χ0n) is 15.6. The van der Waals surface area contributed by atoms with Gasteiger partial charge in [0, 0.05) is 5.57 Å². The van der Waals surface area contributed by atoms with Crippen molar-refractivity contribution in [2.24, 2.45) is 5.73 Å². The minimum Gasteiger partial charge on any atom is -1.00 e. The highest BCUT2D eigenvalue weighted by Gasteiger charge is 2.26. The lowest BCUT2D eigenvalue weighted by Gasteiger charge is -2.08. The Balaban J connectivity index is 0.00000225. The van der Waals surface area contributed by atoms with Crippen molar-refractivity contribution in [1.29, 1.82) is 0 Å². The summed E-state index contributed by atoms with van der Waals surface area (Å²) in [5.41, 5.74) is 13.7. The number of hydrogen-bond donors (Lipinski definition) is 2. The number of para-hydroxylation sites is 1. The first-order chi connectivity index (χ1) is 13.3. The maximum atomic E-state index is 6.51. The molecule has 28 heavy (non-hydrogen) atoms. The van der Waals surface area contributed by atoms with E-state index in [-0.39, 0.29) is 12.4 Å². The Kier molecular flexibility index (Phi) is 6.46. The summed E-state index contributed by atoms with van der Waals surface area (Å²) in [6, 6.07) is 31.1. The van der Waals surface area contributed by atoms with Gasteiger partial charge in [-0.1, -0.05) is 84.9 Å². The van der Waals surface area contributed by atoms with E-state index in [1.54, 1.807) is 0 Å². The largest absolute Gasteiger partial charge is 1.00 e. The molecule has 4 rings (SSSR count). The standard InChI is InChI=1S/C25H22N2.ClH/c26-25(27-22-14-8-3-9-15-22)23-17-16-21(18-19-10-4-1-5-11-19)24(23)20-12-6-2-7-13-20;/h1-15,18H,16-17H2,(H2,26,27);1H/b21-18+;. The van der Waals surface area contributed by atoms with E-state index in [0.717, 1.165) is 24.4 Å². The molecular weight excluding hydrogens is 364 g/mol. The molecule has 3 N–H and O–H groups in total. The normalized spacial score (nSPS) is 15.6. The van der Waals surface area contributed by atoms with Crippen LogP contribution in [-0.4, -0.2) is 5.84 Å².